The number of hydrogen-bond acceptors (Lipinski definition) is 4. The van der Waals surface area contributed by atoms with E-state index in [-0.39, 0.29) is 10.7 Å². The van der Waals surface area contributed by atoms with Crippen molar-refractivity contribution in [1.29, 1.82) is 0 Å². The summed E-state index contributed by atoms with van der Waals surface area (Å²) in [4.78, 5) is 4.16. The van der Waals surface area contributed by atoms with Gasteiger partial charge in [0.05, 0.1) is 17.1 Å². The molecule has 0 aromatic heterocycles. The molecule has 0 aliphatic carbocycles. The van der Waals surface area contributed by atoms with Crippen molar-refractivity contribution in [2.45, 2.75) is 6.42 Å². The summed E-state index contributed by atoms with van der Waals surface area (Å²) in [6.07, 6.45) is 0.970. The van der Waals surface area contributed by atoms with Crippen LogP contribution in [0.15, 0.2) is 6.07 Å². The van der Waals surface area contributed by atoms with Crippen molar-refractivity contribution in [2.24, 2.45) is 0 Å². The largest absolute Gasteiger partial charge is 0.397 e. The van der Waals surface area contributed by atoms with Gasteiger partial charge in [0, 0.05) is 19.6 Å². The summed E-state index contributed by atoms with van der Waals surface area (Å²) in [5, 5.41) is -0.0446. The first kappa shape index (κ1) is 13.2. The standard InChI is InChI=1S/C12H18ClFN4/c1-17-3-2-4-18(6-5-17)12-9(16)7-8(15)10(13)11(12)14/h7H,2-6,15-16H2,1H3. The molecule has 0 radical (unpaired) electrons. The zero-order valence-corrected chi connectivity index (χ0v) is 11.2. The summed E-state index contributed by atoms with van der Waals surface area (Å²) in [6, 6.07) is 1.52. The van der Waals surface area contributed by atoms with Gasteiger partial charge in [-0.25, -0.2) is 4.39 Å². The first-order chi connectivity index (χ1) is 8.50. The fourth-order valence-corrected chi connectivity index (χ4v) is 2.39. The molecule has 1 aromatic carbocycles. The van der Waals surface area contributed by atoms with Crippen LogP contribution in [0, 0.1) is 5.82 Å². The monoisotopic (exact) mass is 272 g/mol. The maximum absolute atomic E-state index is 14.2. The highest BCUT2D eigenvalue weighted by Gasteiger charge is 2.21. The predicted octanol–water partition coefficient (Wildman–Crippen LogP) is 1.79. The normalized spacial score (nSPS) is 17.8. The predicted molar refractivity (Wildman–Crippen MR) is 74.6 cm³/mol. The summed E-state index contributed by atoms with van der Waals surface area (Å²) in [5.74, 6) is -0.515. The second kappa shape index (κ2) is 5.20. The maximum Gasteiger partial charge on any atom is 0.169 e. The van der Waals surface area contributed by atoms with E-state index in [1.165, 1.54) is 6.07 Å². The smallest absolute Gasteiger partial charge is 0.169 e. The van der Waals surface area contributed by atoms with Gasteiger partial charge in [-0.15, -0.1) is 0 Å². The zero-order chi connectivity index (χ0) is 13.3. The van der Waals surface area contributed by atoms with E-state index in [9.17, 15) is 4.39 Å². The molecule has 2 rings (SSSR count). The van der Waals surface area contributed by atoms with Crippen LogP contribution in [0.5, 0.6) is 0 Å². The number of rotatable bonds is 1. The molecule has 0 bridgehead atoms. The Morgan fingerprint density at radius 1 is 1.17 bits per heavy atom. The van der Waals surface area contributed by atoms with Crippen molar-refractivity contribution in [3.05, 3.63) is 16.9 Å². The second-order valence-electron chi connectivity index (χ2n) is 4.68. The molecule has 4 N–H and O–H groups in total. The van der Waals surface area contributed by atoms with E-state index < -0.39 is 5.82 Å². The van der Waals surface area contributed by atoms with Crippen LogP contribution in [-0.2, 0) is 0 Å². The van der Waals surface area contributed by atoms with Crippen molar-refractivity contribution >= 4 is 28.7 Å². The maximum atomic E-state index is 14.2. The van der Waals surface area contributed by atoms with Crippen LogP contribution >= 0.6 is 11.6 Å². The molecule has 4 nitrogen and oxygen atoms in total. The lowest BCUT2D eigenvalue weighted by molar-refractivity contribution is 0.360. The van der Waals surface area contributed by atoms with Crippen molar-refractivity contribution < 1.29 is 4.39 Å². The number of anilines is 3. The molecule has 0 unspecified atom stereocenters. The first-order valence-electron chi connectivity index (χ1n) is 5.97. The topological polar surface area (TPSA) is 58.5 Å². The van der Waals surface area contributed by atoms with Gasteiger partial charge >= 0.3 is 0 Å². The lowest BCUT2D eigenvalue weighted by atomic mass is 10.2. The molecule has 1 aliphatic rings. The highest BCUT2D eigenvalue weighted by molar-refractivity contribution is 6.33. The molecule has 0 spiro atoms. The van der Waals surface area contributed by atoms with Gasteiger partial charge in [0.15, 0.2) is 5.82 Å². The van der Waals surface area contributed by atoms with Gasteiger partial charge in [-0.3, -0.25) is 0 Å². The molecule has 1 fully saturated rings. The number of benzene rings is 1. The quantitative estimate of drug-likeness (QED) is 0.765. The molecule has 1 aromatic rings. The SMILES string of the molecule is CN1CCCN(c2c(N)cc(N)c(Cl)c2F)CC1. The average molecular weight is 273 g/mol. The van der Waals surface area contributed by atoms with Gasteiger partial charge in [-0.05, 0) is 26.1 Å². The number of nitrogens with two attached hydrogens (primary N) is 2. The Morgan fingerprint density at radius 3 is 2.61 bits per heavy atom. The van der Waals surface area contributed by atoms with E-state index >= 15 is 0 Å². The van der Waals surface area contributed by atoms with E-state index in [1.807, 2.05) is 4.90 Å². The van der Waals surface area contributed by atoms with Gasteiger partial charge in [-0.1, -0.05) is 11.6 Å². The minimum Gasteiger partial charge on any atom is -0.397 e. The Bertz CT molecular complexity index is 452. The molecule has 0 amide bonds. The summed E-state index contributed by atoms with van der Waals surface area (Å²) < 4.78 is 14.2. The van der Waals surface area contributed by atoms with Gasteiger partial charge in [0.2, 0.25) is 0 Å². The first-order valence-corrected chi connectivity index (χ1v) is 6.35. The number of nitrogen functional groups attached to an aromatic ring is 2. The third-order valence-electron chi connectivity index (χ3n) is 3.27. The molecule has 18 heavy (non-hydrogen) atoms. The Balaban J connectivity index is 2.35. The highest BCUT2D eigenvalue weighted by atomic mass is 35.5. The Labute approximate surface area is 111 Å². The number of likely N-dealkylation sites (N-methyl/N-ethyl adjacent to an activating group) is 1. The van der Waals surface area contributed by atoms with Crippen LogP contribution in [-0.4, -0.2) is 38.1 Å². The summed E-state index contributed by atoms with van der Waals surface area (Å²) in [6.45, 7) is 3.38. The molecule has 100 valence electrons. The van der Waals surface area contributed by atoms with E-state index in [0.29, 0.717) is 11.4 Å². The molecule has 0 saturated carbocycles. The molecule has 1 aliphatic heterocycles. The van der Waals surface area contributed by atoms with Crippen LogP contribution in [0.25, 0.3) is 0 Å². The van der Waals surface area contributed by atoms with E-state index in [0.717, 1.165) is 32.6 Å². The summed E-state index contributed by atoms with van der Waals surface area (Å²) in [5.41, 5.74) is 12.4. The second-order valence-corrected chi connectivity index (χ2v) is 5.05. The van der Waals surface area contributed by atoms with Crippen LogP contribution in [0.2, 0.25) is 5.02 Å². The summed E-state index contributed by atoms with van der Waals surface area (Å²) >= 11 is 5.85. The molecule has 1 saturated heterocycles. The summed E-state index contributed by atoms with van der Waals surface area (Å²) in [7, 11) is 2.05. The lowest BCUT2D eigenvalue weighted by Crippen LogP contribution is -2.30. The number of halogens is 2. The van der Waals surface area contributed by atoms with Crippen molar-refractivity contribution in [3.8, 4) is 0 Å². The Hall–Kier alpha value is -1.20. The minimum absolute atomic E-state index is 0.0446. The number of hydrogen-bond donors (Lipinski definition) is 2. The van der Waals surface area contributed by atoms with E-state index in [2.05, 4.69) is 11.9 Å². The number of nitrogens with zero attached hydrogens (tertiary/aromatic N) is 2. The van der Waals surface area contributed by atoms with E-state index in [4.69, 9.17) is 23.1 Å². The third-order valence-corrected chi connectivity index (χ3v) is 3.66. The molecule has 1 heterocycles. The van der Waals surface area contributed by atoms with Crippen molar-refractivity contribution in [3.63, 3.8) is 0 Å². The molecule has 0 atom stereocenters. The Morgan fingerprint density at radius 2 is 1.89 bits per heavy atom. The van der Waals surface area contributed by atoms with Gasteiger partial charge in [0.1, 0.15) is 5.02 Å². The average Bonchev–Trinajstić information content (AvgIpc) is 2.52. The highest BCUT2D eigenvalue weighted by Crippen LogP contribution is 2.36. The van der Waals surface area contributed by atoms with Crippen LogP contribution in [0.1, 0.15) is 6.42 Å². The zero-order valence-electron chi connectivity index (χ0n) is 10.4. The molecule has 6 heteroatoms. The van der Waals surface area contributed by atoms with Crippen molar-refractivity contribution in [1.82, 2.24) is 4.90 Å². The minimum atomic E-state index is -0.515. The van der Waals surface area contributed by atoms with Gasteiger partial charge in [-0.2, -0.15) is 0 Å². The lowest BCUT2D eigenvalue weighted by Gasteiger charge is -2.25. The van der Waals surface area contributed by atoms with Crippen LogP contribution in [0.3, 0.4) is 0 Å². The van der Waals surface area contributed by atoms with Gasteiger partial charge < -0.3 is 21.3 Å². The van der Waals surface area contributed by atoms with E-state index in [1.54, 1.807) is 0 Å². The van der Waals surface area contributed by atoms with Gasteiger partial charge in [0.25, 0.3) is 0 Å². The van der Waals surface area contributed by atoms with Crippen LogP contribution in [0.4, 0.5) is 21.5 Å². The fraction of sp³-hybridized carbons (Fsp3) is 0.500. The Kier molecular flexibility index (Phi) is 3.82. The fourth-order valence-electron chi connectivity index (χ4n) is 2.25. The van der Waals surface area contributed by atoms with Crippen molar-refractivity contribution in [2.75, 3.05) is 49.6 Å². The van der Waals surface area contributed by atoms with Crippen LogP contribution < -0.4 is 16.4 Å². The molecular formula is C12H18ClFN4. The third kappa shape index (κ3) is 2.47. The molecular weight excluding hydrogens is 255 g/mol.